The Morgan fingerprint density at radius 1 is 1.03 bits per heavy atom. The smallest absolute Gasteiger partial charge is 0.246 e. The van der Waals surface area contributed by atoms with Crippen LogP contribution in [0.2, 0.25) is 0 Å². The third-order valence-electron chi connectivity index (χ3n) is 5.06. The van der Waals surface area contributed by atoms with E-state index in [4.69, 9.17) is 4.74 Å². The van der Waals surface area contributed by atoms with E-state index < -0.39 is 0 Å². The van der Waals surface area contributed by atoms with Crippen LogP contribution in [0, 0.1) is 11.6 Å². The molecule has 1 unspecified atom stereocenters. The number of carbonyl (C=O) groups is 1. The molecule has 1 atom stereocenters. The van der Waals surface area contributed by atoms with Crippen LogP contribution in [0.5, 0.6) is 0 Å². The van der Waals surface area contributed by atoms with Crippen molar-refractivity contribution < 1.29 is 18.3 Å². The fourth-order valence-corrected chi connectivity index (χ4v) is 3.45. The van der Waals surface area contributed by atoms with E-state index in [-0.39, 0.29) is 30.1 Å². The van der Waals surface area contributed by atoms with Gasteiger partial charge in [-0.25, -0.2) is 13.8 Å². The van der Waals surface area contributed by atoms with Crippen LogP contribution in [-0.4, -0.2) is 62.7 Å². The molecule has 1 fully saturated rings. The molecule has 0 bridgehead atoms. The Balaban J connectivity index is 1.63. The number of benzene rings is 2. The van der Waals surface area contributed by atoms with Gasteiger partial charge in [-0.15, -0.1) is 0 Å². The van der Waals surface area contributed by atoms with Gasteiger partial charge in [0.1, 0.15) is 18.2 Å². The second-order valence-electron chi connectivity index (χ2n) is 7.35. The number of morpholine rings is 1. The van der Waals surface area contributed by atoms with E-state index in [0.717, 1.165) is 18.7 Å². The summed E-state index contributed by atoms with van der Waals surface area (Å²) in [5, 5.41) is 9.11. The maximum Gasteiger partial charge on any atom is 0.246 e. The van der Waals surface area contributed by atoms with Crippen molar-refractivity contribution in [1.82, 2.24) is 15.5 Å². The van der Waals surface area contributed by atoms with E-state index in [1.807, 2.05) is 6.92 Å². The van der Waals surface area contributed by atoms with E-state index in [0.29, 0.717) is 38.0 Å². The molecule has 0 radical (unpaired) electrons. The Morgan fingerprint density at radius 2 is 1.66 bits per heavy atom. The Hall–Kier alpha value is -3.04. The number of amides is 1. The molecule has 2 aromatic rings. The molecule has 0 spiro atoms. The van der Waals surface area contributed by atoms with Gasteiger partial charge in [0, 0.05) is 31.9 Å². The van der Waals surface area contributed by atoms with Gasteiger partial charge in [-0.1, -0.05) is 12.1 Å². The minimum atomic E-state index is -0.365. The van der Waals surface area contributed by atoms with Crippen molar-refractivity contribution >= 4 is 17.6 Å². The number of nitrogens with one attached hydrogen (secondary N) is 3. The molecular weight excluding hydrogens is 416 g/mol. The Bertz CT molecular complexity index is 884. The number of nitrogens with zero attached hydrogens (tertiary/aromatic N) is 2. The highest BCUT2D eigenvalue weighted by Crippen LogP contribution is 2.21. The largest absolute Gasteiger partial charge is 0.379 e. The van der Waals surface area contributed by atoms with Crippen molar-refractivity contribution in [2.75, 3.05) is 51.3 Å². The monoisotopic (exact) mass is 445 g/mol. The number of hydrogen-bond acceptors (Lipinski definition) is 4. The summed E-state index contributed by atoms with van der Waals surface area (Å²) < 4.78 is 31.9. The van der Waals surface area contributed by atoms with Crippen LogP contribution in [0.4, 0.5) is 14.5 Å². The predicted octanol–water partition coefficient (Wildman–Crippen LogP) is 2.53. The van der Waals surface area contributed by atoms with Crippen LogP contribution >= 0.6 is 0 Å². The average Bonchev–Trinajstić information content (AvgIpc) is 2.81. The summed E-state index contributed by atoms with van der Waals surface area (Å²) in [5.41, 5.74) is 1.50. The van der Waals surface area contributed by atoms with Gasteiger partial charge >= 0.3 is 0 Å². The summed E-state index contributed by atoms with van der Waals surface area (Å²) in [4.78, 5) is 18.9. The molecule has 7 nitrogen and oxygen atoms in total. The number of ether oxygens (including phenoxy) is 1. The van der Waals surface area contributed by atoms with Gasteiger partial charge in [0.25, 0.3) is 0 Å². The van der Waals surface area contributed by atoms with E-state index in [1.54, 1.807) is 12.1 Å². The zero-order chi connectivity index (χ0) is 22.8. The highest BCUT2D eigenvalue weighted by atomic mass is 19.1. The molecule has 0 aromatic heterocycles. The van der Waals surface area contributed by atoms with E-state index in [1.165, 1.54) is 36.4 Å². The van der Waals surface area contributed by atoms with Gasteiger partial charge in [-0.05, 0) is 48.9 Å². The van der Waals surface area contributed by atoms with Gasteiger partial charge in [0.2, 0.25) is 5.91 Å². The summed E-state index contributed by atoms with van der Waals surface area (Å²) in [6.45, 7) is 5.85. The van der Waals surface area contributed by atoms with Crippen molar-refractivity contribution in [3.63, 3.8) is 0 Å². The fraction of sp³-hybridized carbons (Fsp3) is 0.391. The van der Waals surface area contributed by atoms with Gasteiger partial charge in [-0.2, -0.15) is 0 Å². The molecule has 1 heterocycles. The van der Waals surface area contributed by atoms with Gasteiger partial charge in [0.15, 0.2) is 5.96 Å². The van der Waals surface area contributed by atoms with Crippen LogP contribution in [-0.2, 0) is 9.53 Å². The second kappa shape index (κ2) is 12.1. The van der Waals surface area contributed by atoms with Gasteiger partial charge in [-0.3, -0.25) is 9.69 Å². The van der Waals surface area contributed by atoms with Crippen molar-refractivity contribution in [2.45, 2.75) is 13.0 Å². The van der Waals surface area contributed by atoms with Crippen molar-refractivity contribution in [3.05, 3.63) is 65.7 Å². The number of carbonyl (C=O) groups excluding carboxylic acids is 1. The van der Waals surface area contributed by atoms with Crippen molar-refractivity contribution in [3.8, 4) is 0 Å². The molecule has 1 amide bonds. The minimum absolute atomic E-state index is 0.00334. The third-order valence-corrected chi connectivity index (χ3v) is 5.06. The van der Waals surface area contributed by atoms with Crippen LogP contribution < -0.4 is 16.0 Å². The number of anilines is 1. The fourth-order valence-electron chi connectivity index (χ4n) is 3.45. The van der Waals surface area contributed by atoms with Gasteiger partial charge < -0.3 is 20.7 Å². The Labute approximate surface area is 186 Å². The number of aliphatic imine (C=N–C) groups is 1. The molecule has 172 valence electrons. The van der Waals surface area contributed by atoms with Crippen LogP contribution in [0.15, 0.2) is 53.5 Å². The first kappa shape index (κ1) is 23.6. The standard InChI is InChI=1S/C23H29F2N5O2/c1-2-26-23(28-16-22(31)29-20-9-7-19(25)8-10-20)27-15-21(30-11-13-32-14-12-30)17-3-5-18(24)6-4-17/h3-10,21H,2,11-16H2,1H3,(H,29,31)(H2,26,27,28). The summed E-state index contributed by atoms with van der Waals surface area (Å²) >= 11 is 0. The average molecular weight is 446 g/mol. The van der Waals surface area contributed by atoms with Gasteiger partial charge in [0.05, 0.1) is 19.3 Å². The topological polar surface area (TPSA) is 78.0 Å². The number of halogens is 2. The maximum absolute atomic E-state index is 13.4. The highest BCUT2D eigenvalue weighted by molar-refractivity contribution is 5.94. The molecule has 32 heavy (non-hydrogen) atoms. The van der Waals surface area contributed by atoms with E-state index >= 15 is 0 Å². The van der Waals surface area contributed by atoms with Crippen LogP contribution in [0.25, 0.3) is 0 Å². The molecule has 0 aliphatic carbocycles. The summed E-state index contributed by atoms with van der Waals surface area (Å²) in [6, 6.07) is 12.1. The summed E-state index contributed by atoms with van der Waals surface area (Å²) in [7, 11) is 0. The molecule has 3 rings (SSSR count). The van der Waals surface area contributed by atoms with Crippen molar-refractivity contribution in [2.24, 2.45) is 4.99 Å². The lowest BCUT2D eigenvalue weighted by Gasteiger charge is -2.35. The molecule has 1 saturated heterocycles. The summed E-state index contributed by atoms with van der Waals surface area (Å²) in [6.07, 6.45) is 0. The van der Waals surface area contributed by atoms with Crippen molar-refractivity contribution in [1.29, 1.82) is 0 Å². The lowest BCUT2D eigenvalue weighted by molar-refractivity contribution is -0.114. The Morgan fingerprint density at radius 3 is 2.28 bits per heavy atom. The first-order chi connectivity index (χ1) is 15.5. The first-order valence-electron chi connectivity index (χ1n) is 10.7. The second-order valence-corrected chi connectivity index (χ2v) is 7.35. The SMILES string of the molecule is CCNC(=NCC(=O)Nc1ccc(F)cc1)NCC(c1ccc(F)cc1)N1CCOCC1. The van der Waals surface area contributed by atoms with Crippen LogP contribution in [0.1, 0.15) is 18.5 Å². The highest BCUT2D eigenvalue weighted by Gasteiger charge is 2.23. The molecule has 1 aliphatic rings. The quantitative estimate of drug-likeness (QED) is 0.430. The lowest BCUT2D eigenvalue weighted by Crippen LogP contribution is -2.46. The molecule has 2 aromatic carbocycles. The Kier molecular flexibility index (Phi) is 8.94. The number of hydrogen-bond donors (Lipinski definition) is 3. The molecule has 0 saturated carbocycles. The summed E-state index contributed by atoms with van der Waals surface area (Å²) in [5.74, 6) is -0.445. The maximum atomic E-state index is 13.4. The van der Waals surface area contributed by atoms with E-state index in [9.17, 15) is 13.6 Å². The molecular formula is C23H29F2N5O2. The molecule has 9 heteroatoms. The first-order valence-corrected chi connectivity index (χ1v) is 10.7. The third kappa shape index (κ3) is 7.28. The number of rotatable bonds is 8. The molecule has 1 aliphatic heterocycles. The van der Waals surface area contributed by atoms with Crippen LogP contribution in [0.3, 0.4) is 0 Å². The molecule has 3 N–H and O–H groups in total. The lowest BCUT2D eigenvalue weighted by atomic mass is 10.0. The normalized spacial score (nSPS) is 15.8. The number of guanidine groups is 1. The zero-order valence-electron chi connectivity index (χ0n) is 18.1. The zero-order valence-corrected chi connectivity index (χ0v) is 18.1. The van der Waals surface area contributed by atoms with E-state index in [2.05, 4.69) is 25.8 Å². The predicted molar refractivity (Wildman–Crippen MR) is 121 cm³/mol. The minimum Gasteiger partial charge on any atom is -0.379 e.